The molecule has 3 aromatic rings. The average Bonchev–Trinajstić information content (AvgIpc) is 2.80. The first kappa shape index (κ1) is 20.0. The number of aromatic nitrogens is 1. The topological polar surface area (TPSA) is 68.6 Å². The zero-order chi connectivity index (χ0) is 21.6. The summed E-state index contributed by atoms with van der Waals surface area (Å²) < 4.78 is 35.2. The summed E-state index contributed by atoms with van der Waals surface area (Å²) in [6, 6.07) is 19.8. The molecule has 0 N–H and O–H groups in total. The Hall–Kier alpha value is -2.90. The highest BCUT2D eigenvalue weighted by Crippen LogP contribution is 2.41. The van der Waals surface area contributed by atoms with Gasteiger partial charge >= 0.3 is 0 Å². The third kappa shape index (κ3) is 3.47. The number of methoxy groups -OCH3 is 1. The smallest absolute Gasteiger partial charge is 0.250 e. The second-order valence-corrected chi connectivity index (χ2v) is 10.2. The fraction of sp³-hybridized carbons (Fsp3) is 0.292. The summed E-state index contributed by atoms with van der Waals surface area (Å²) in [6.07, 6.45) is 0.882. The Morgan fingerprint density at radius 3 is 2.35 bits per heavy atom. The number of sulfonamides is 1. The molecular weight excluding hydrogens is 412 g/mol. The van der Waals surface area contributed by atoms with E-state index in [1.54, 1.807) is 41.7 Å². The molecule has 2 atom stereocenters. The van der Waals surface area contributed by atoms with Crippen molar-refractivity contribution in [2.24, 2.45) is 5.92 Å². The Labute approximate surface area is 181 Å². The highest BCUT2D eigenvalue weighted by molar-refractivity contribution is 7.89. The second kappa shape index (κ2) is 7.66. The fourth-order valence-corrected chi connectivity index (χ4v) is 6.51. The normalized spacial score (nSPS) is 20.8. The van der Waals surface area contributed by atoms with Crippen LogP contribution in [0.4, 0.5) is 0 Å². The van der Waals surface area contributed by atoms with Gasteiger partial charge in [0, 0.05) is 42.9 Å². The van der Waals surface area contributed by atoms with Gasteiger partial charge < -0.3 is 9.30 Å². The summed E-state index contributed by atoms with van der Waals surface area (Å²) in [4.78, 5) is 13.0. The molecule has 7 heteroatoms. The van der Waals surface area contributed by atoms with Gasteiger partial charge in [0.2, 0.25) is 10.0 Å². The van der Waals surface area contributed by atoms with Gasteiger partial charge in [-0.25, -0.2) is 8.42 Å². The first-order valence-electron chi connectivity index (χ1n) is 10.4. The van der Waals surface area contributed by atoms with E-state index in [9.17, 15) is 13.2 Å². The molecule has 0 amide bonds. The molecule has 2 aliphatic rings. The largest absolute Gasteiger partial charge is 0.497 e. The van der Waals surface area contributed by atoms with Crippen molar-refractivity contribution in [3.8, 4) is 16.9 Å². The Kier molecular flexibility index (Phi) is 4.95. The van der Waals surface area contributed by atoms with Gasteiger partial charge in [-0.05, 0) is 48.2 Å². The van der Waals surface area contributed by atoms with E-state index in [0.29, 0.717) is 24.5 Å². The van der Waals surface area contributed by atoms with Gasteiger partial charge in [-0.2, -0.15) is 4.31 Å². The first-order valence-corrected chi connectivity index (χ1v) is 11.8. The van der Waals surface area contributed by atoms with Crippen molar-refractivity contribution >= 4 is 10.0 Å². The Bertz CT molecular complexity index is 1270. The lowest BCUT2D eigenvalue weighted by molar-refractivity contribution is 0.187. The number of piperidine rings is 1. The molecule has 5 rings (SSSR count). The number of ether oxygens (including phenoxy) is 1. The van der Waals surface area contributed by atoms with Crippen molar-refractivity contribution in [3.05, 3.63) is 82.8 Å². The fourth-order valence-electron chi connectivity index (χ4n) is 4.92. The quantitative estimate of drug-likeness (QED) is 0.629. The van der Waals surface area contributed by atoms with E-state index >= 15 is 0 Å². The lowest BCUT2D eigenvalue weighted by Gasteiger charge is -2.42. The summed E-state index contributed by atoms with van der Waals surface area (Å²) in [5.41, 5.74) is 2.87. The number of pyridine rings is 1. The van der Waals surface area contributed by atoms with Crippen LogP contribution in [0.3, 0.4) is 0 Å². The van der Waals surface area contributed by atoms with Gasteiger partial charge in [0.1, 0.15) is 5.75 Å². The van der Waals surface area contributed by atoms with E-state index in [-0.39, 0.29) is 17.4 Å². The lowest BCUT2D eigenvalue weighted by atomic mass is 9.81. The van der Waals surface area contributed by atoms with Crippen LogP contribution in [-0.4, -0.2) is 37.5 Å². The van der Waals surface area contributed by atoms with Crippen LogP contribution < -0.4 is 10.3 Å². The van der Waals surface area contributed by atoms with Gasteiger partial charge in [-0.1, -0.05) is 30.3 Å². The van der Waals surface area contributed by atoms with Gasteiger partial charge in [-0.3, -0.25) is 4.79 Å². The van der Waals surface area contributed by atoms with Crippen LogP contribution in [-0.2, 0) is 16.6 Å². The molecule has 2 unspecified atom stereocenters. The molecule has 1 saturated heterocycles. The molecule has 31 heavy (non-hydrogen) atoms. The van der Waals surface area contributed by atoms with E-state index < -0.39 is 10.0 Å². The van der Waals surface area contributed by atoms with E-state index in [4.69, 9.17) is 4.74 Å². The number of hydrogen-bond donors (Lipinski definition) is 0. The van der Waals surface area contributed by atoms with Gasteiger partial charge in [-0.15, -0.1) is 0 Å². The van der Waals surface area contributed by atoms with Crippen molar-refractivity contribution in [1.29, 1.82) is 0 Å². The highest BCUT2D eigenvalue weighted by Gasteiger charge is 2.40. The lowest BCUT2D eigenvalue weighted by Crippen LogP contribution is -2.49. The molecule has 0 radical (unpaired) electrons. The van der Waals surface area contributed by atoms with Crippen LogP contribution in [0, 0.1) is 5.92 Å². The summed E-state index contributed by atoms with van der Waals surface area (Å²) in [6.45, 7) is 1.35. The third-order valence-electron chi connectivity index (χ3n) is 6.34. The van der Waals surface area contributed by atoms with Crippen LogP contribution in [0.25, 0.3) is 11.1 Å². The maximum absolute atomic E-state index is 13.3. The van der Waals surface area contributed by atoms with Crippen LogP contribution in [0.1, 0.15) is 18.0 Å². The first-order chi connectivity index (χ1) is 15.0. The Morgan fingerprint density at radius 1 is 0.903 bits per heavy atom. The zero-order valence-electron chi connectivity index (χ0n) is 17.3. The zero-order valence-corrected chi connectivity index (χ0v) is 18.1. The van der Waals surface area contributed by atoms with Crippen molar-refractivity contribution in [2.75, 3.05) is 20.2 Å². The summed E-state index contributed by atoms with van der Waals surface area (Å²) in [5, 5.41) is 0. The minimum atomic E-state index is -3.57. The van der Waals surface area contributed by atoms with E-state index in [0.717, 1.165) is 29.0 Å². The number of rotatable bonds is 4. The highest BCUT2D eigenvalue weighted by atomic mass is 32.2. The Balaban J connectivity index is 1.56. The number of hydrogen-bond acceptors (Lipinski definition) is 4. The van der Waals surface area contributed by atoms with Crippen LogP contribution >= 0.6 is 0 Å². The summed E-state index contributed by atoms with van der Waals surface area (Å²) in [7, 11) is -1.95. The summed E-state index contributed by atoms with van der Waals surface area (Å²) >= 11 is 0. The number of nitrogens with zero attached hydrogens (tertiary/aromatic N) is 2. The standard InChI is InChI=1S/C24H24N2O4S/c1-30-20-9-7-18(8-10-20)22-11-12-23(27)26-15-17-13-19(24(22)26)16-25(14-17)31(28,29)21-5-3-2-4-6-21/h2-12,17,19H,13-16H2,1H3. The maximum atomic E-state index is 13.3. The van der Waals surface area contributed by atoms with Gasteiger partial charge in [0.05, 0.1) is 12.0 Å². The van der Waals surface area contributed by atoms with E-state index in [1.165, 1.54) is 0 Å². The average molecular weight is 437 g/mol. The molecule has 0 saturated carbocycles. The van der Waals surface area contributed by atoms with Crippen LogP contribution in [0.2, 0.25) is 0 Å². The molecule has 2 aromatic carbocycles. The van der Waals surface area contributed by atoms with Crippen molar-refractivity contribution in [1.82, 2.24) is 8.87 Å². The van der Waals surface area contributed by atoms with Crippen molar-refractivity contribution < 1.29 is 13.2 Å². The van der Waals surface area contributed by atoms with Gasteiger partial charge in [0.25, 0.3) is 5.56 Å². The Morgan fingerprint density at radius 2 is 1.65 bits per heavy atom. The molecule has 1 fully saturated rings. The molecule has 0 spiro atoms. The molecule has 0 aliphatic carbocycles. The van der Waals surface area contributed by atoms with Crippen molar-refractivity contribution in [2.45, 2.75) is 23.8 Å². The van der Waals surface area contributed by atoms with E-state index in [1.807, 2.05) is 41.0 Å². The monoisotopic (exact) mass is 436 g/mol. The molecule has 2 aliphatic heterocycles. The second-order valence-electron chi connectivity index (χ2n) is 8.24. The summed E-state index contributed by atoms with van der Waals surface area (Å²) in [5.74, 6) is 0.856. The molecule has 3 heterocycles. The van der Waals surface area contributed by atoms with Crippen LogP contribution in [0.15, 0.2) is 76.4 Å². The molecule has 160 valence electrons. The van der Waals surface area contributed by atoms with E-state index in [2.05, 4.69) is 0 Å². The molecule has 2 bridgehead atoms. The predicted molar refractivity (Wildman–Crippen MR) is 119 cm³/mol. The predicted octanol–water partition coefficient (Wildman–Crippen LogP) is 3.33. The molecular formula is C24H24N2O4S. The number of fused-ring (bicyclic) bond motifs is 4. The van der Waals surface area contributed by atoms with Gasteiger partial charge in [0.15, 0.2) is 0 Å². The maximum Gasteiger partial charge on any atom is 0.250 e. The number of benzene rings is 2. The minimum absolute atomic E-state index is 0.0265. The SMILES string of the molecule is COc1ccc(-c2ccc(=O)n3c2C2CC(CN(S(=O)(=O)c4ccccc4)C2)C3)cc1. The minimum Gasteiger partial charge on any atom is -0.497 e. The van der Waals surface area contributed by atoms with Crippen molar-refractivity contribution in [3.63, 3.8) is 0 Å². The molecule has 1 aromatic heterocycles. The third-order valence-corrected chi connectivity index (χ3v) is 8.18. The molecule has 6 nitrogen and oxygen atoms in total. The van der Waals surface area contributed by atoms with Crippen LogP contribution in [0.5, 0.6) is 5.75 Å².